The Morgan fingerprint density at radius 1 is 1.04 bits per heavy atom. The number of hydrogen-bond acceptors (Lipinski definition) is 6. The van der Waals surface area contributed by atoms with Crippen LogP contribution in [0.3, 0.4) is 0 Å². The van der Waals surface area contributed by atoms with Crippen LogP contribution in [0, 0.1) is 4.91 Å². The number of anilines is 1. The van der Waals surface area contributed by atoms with E-state index in [1.54, 1.807) is 12.1 Å². The van der Waals surface area contributed by atoms with Crippen LogP contribution >= 0.6 is 0 Å². The van der Waals surface area contributed by atoms with Gasteiger partial charge in [-0.2, -0.15) is 5.06 Å². The van der Waals surface area contributed by atoms with E-state index in [1.807, 2.05) is 42.5 Å². The SMILES string of the molecule is O=Nc1ccc(N2CCON(C(=O)OCc3ccccc3)CC2)cc1. The number of nitrogens with zero attached hydrogens (tertiary/aromatic N) is 3. The molecule has 0 saturated carbocycles. The van der Waals surface area contributed by atoms with E-state index in [1.165, 1.54) is 5.06 Å². The Morgan fingerprint density at radius 2 is 1.80 bits per heavy atom. The molecular formula is C18H19N3O4. The van der Waals surface area contributed by atoms with Crippen LogP contribution in [-0.4, -0.2) is 37.4 Å². The van der Waals surface area contributed by atoms with E-state index in [9.17, 15) is 9.70 Å². The van der Waals surface area contributed by atoms with Crippen LogP contribution < -0.4 is 4.90 Å². The van der Waals surface area contributed by atoms with Crippen molar-refractivity contribution in [3.8, 4) is 0 Å². The van der Waals surface area contributed by atoms with Crippen LogP contribution in [0.1, 0.15) is 5.56 Å². The number of amides is 1. The lowest BCUT2D eigenvalue weighted by Gasteiger charge is -2.22. The van der Waals surface area contributed by atoms with Crippen molar-refractivity contribution >= 4 is 17.5 Å². The maximum Gasteiger partial charge on any atom is 0.434 e. The summed E-state index contributed by atoms with van der Waals surface area (Å²) in [4.78, 5) is 30.2. The highest BCUT2D eigenvalue weighted by Gasteiger charge is 2.21. The third kappa shape index (κ3) is 4.54. The number of carbonyl (C=O) groups excluding carboxylic acids is 1. The first-order valence-corrected chi connectivity index (χ1v) is 8.06. The lowest BCUT2D eigenvalue weighted by Crippen LogP contribution is -2.34. The highest BCUT2D eigenvalue weighted by molar-refractivity contribution is 5.66. The Hall–Kier alpha value is -2.93. The van der Waals surface area contributed by atoms with Gasteiger partial charge in [-0.05, 0) is 35.0 Å². The molecule has 1 saturated heterocycles. The number of hydroxylamine groups is 2. The first-order chi connectivity index (χ1) is 12.3. The molecule has 0 N–H and O–H groups in total. The molecule has 0 atom stereocenters. The molecule has 0 bridgehead atoms. The van der Waals surface area contributed by atoms with E-state index in [0.29, 0.717) is 31.9 Å². The summed E-state index contributed by atoms with van der Waals surface area (Å²) in [6.45, 7) is 2.21. The topological polar surface area (TPSA) is 71.4 Å². The molecule has 3 rings (SSSR count). The van der Waals surface area contributed by atoms with Gasteiger partial charge in [0.05, 0.1) is 13.2 Å². The van der Waals surface area contributed by atoms with Gasteiger partial charge in [-0.3, -0.25) is 4.84 Å². The van der Waals surface area contributed by atoms with Crippen LogP contribution in [-0.2, 0) is 16.2 Å². The fraction of sp³-hybridized carbons (Fsp3) is 0.278. The minimum Gasteiger partial charge on any atom is -0.443 e. The third-order valence-electron chi connectivity index (χ3n) is 3.91. The van der Waals surface area contributed by atoms with Gasteiger partial charge < -0.3 is 9.64 Å². The van der Waals surface area contributed by atoms with Crippen LogP contribution in [0.25, 0.3) is 0 Å². The van der Waals surface area contributed by atoms with Gasteiger partial charge in [0.2, 0.25) is 0 Å². The molecule has 0 aromatic heterocycles. The van der Waals surface area contributed by atoms with Crippen molar-refractivity contribution in [1.82, 2.24) is 5.06 Å². The van der Waals surface area contributed by atoms with Gasteiger partial charge in [-0.25, -0.2) is 4.79 Å². The third-order valence-corrected chi connectivity index (χ3v) is 3.91. The quantitative estimate of drug-likeness (QED) is 0.796. The number of rotatable bonds is 4. The first kappa shape index (κ1) is 16.9. The lowest BCUT2D eigenvalue weighted by atomic mass is 10.2. The van der Waals surface area contributed by atoms with Crippen molar-refractivity contribution in [3.05, 3.63) is 65.1 Å². The Balaban J connectivity index is 1.53. The number of benzene rings is 2. The molecule has 130 valence electrons. The van der Waals surface area contributed by atoms with Crippen molar-refractivity contribution in [3.63, 3.8) is 0 Å². The second kappa shape index (κ2) is 8.25. The van der Waals surface area contributed by atoms with Crippen molar-refractivity contribution in [2.24, 2.45) is 5.18 Å². The van der Waals surface area contributed by atoms with Gasteiger partial charge in [-0.15, -0.1) is 4.91 Å². The van der Waals surface area contributed by atoms with Crippen LogP contribution in [0.15, 0.2) is 59.8 Å². The van der Waals surface area contributed by atoms with E-state index in [-0.39, 0.29) is 6.61 Å². The molecule has 1 aliphatic heterocycles. The van der Waals surface area contributed by atoms with E-state index in [4.69, 9.17) is 9.57 Å². The summed E-state index contributed by atoms with van der Waals surface area (Å²) in [5.74, 6) is 0. The summed E-state index contributed by atoms with van der Waals surface area (Å²) >= 11 is 0. The molecule has 1 aliphatic rings. The zero-order valence-corrected chi connectivity index (χ0v) is 13.7. The van der Waals surface area contributed by atoms with Crippen LogP contribution in [0.5, 0.6) is 0 Å². The summed E-state index contributed by atoms with van der Waals surface area (Å²) < 4.78 is 5.29. The van der Waals surface area contributed by atoms with E-state index in [2.05, 4.69) is 10.1 Å². The van der Waals surface area contributed by atoms with Gasteiger partial charge in [0, 0.05) is 18.8 Å². The largest absolute Gasteiger partial charge is 0.443 e. The standard InChI is InChI=1S/C18H19N3O4/c22-18(24-14-15-4-2-1-3-5-15)21-11-10-20(12-13-25-21)17-8-6-16(19-23)7-9-17/h1-9H,10-14H2. The summed E-state index contributed by atoms with van der Waals surface area (Å²) in [5, 5.41) is 4.15. The number of hydrogen-bond donors (Lipinski definition) is 0. The van der Waals surface area contributed by atoms with Crippen molar-refractivity contribution < 1.29 is 14.4 Å². The molecular weight excluding hydrogens is 322 g/mol. The molecule has 1 heterocycles. The maximum absolute atomic E-state index is 12.2. The predicted octanol–water partition coefficient (Wildman–Crippen LogP) is 3.47. The first-order valence-electron chi connectivity index (χ1n) is 8.06. The Kier molecular flexibility index (Phi) is 5.58. The molecule has 7 nitrogen and oxygen atoms in total. The van der Waals surface area contributed by atoms with Gasteiger partial charge in [-0.1, -0.05) is 30.3 Å². The number of ether oxygens (including phenoxy) is 1. The molecule has 1 fully saturated rings. The second-order valence-electron chi connectivity index (χ2n) is 5.57. The summed E-state index contributed by atoms with van der Waals surface area (Å²) in [5.41, 5.74) is 2.27. The average molecular weight is 341 g/mol. The molecule has 0 radical (unpaired) electrons. The molecule has 7 heteroatoms. The predicted molar refractivity (Wildman–Crippen MR) is 93.4 cm³/mol. The monoisotopic (exact) mass is 341 g/mol. The fourth-order valence-electron chi connectivity index (χ4n) is 2.57. The average Bonchev–Trinajstić information content (AvgIpc) is 2.93. The minimum absolute atomic E-state index is 0.212. The summed E-state index contributed by atoms with van der Waals surface area (Å²) in [6, 6.07) is 16.5. The van der Waals surface area contributed by atoms with Crippen LogP contribution in [0.4, 0.5) is 16.2 Å². The number of carbonyl (C=O) groups is 1. The summed E-state index contributed by atoms with van der Waals surface area (Å²) in [7, 11) is 0. The Labute approximate surface area is 145 Å². The highest BCUT2D eigenvalue weighted by atomic mass is 16.7. The normalized spacial score (nSPS) is 14.7. The van der Waals surface area contributed by atoms with E-state index < -0.39 is 6.09 Å². The van der Waals surface area contributed by atoms with E-state index >= 15 is 0 Å². The van der Waals surface area contributed by atoms with Crippen molar-refractivity contribution in [2.45, 2.75) is 6.61 Å². The molecule has 0 unspecified atom stereocenters. The van der Waals surface area contributed by atoms with Gasteiger partial charge in [0.1, 0.15) is 12.3 Å². The van der Waals surface area contributed by atoms with Gasteiger partial charge in [0.15, 0.2) is 0 Å². The molecule has 25 heavy (non-hydrogen) atoms. The zero-order chi connectivity index (χ0) is 17.5. The second-order valence-corrected chi connectivity index (χ2v) is 5.57. The Bertz CT molecular complexity index is 706. The van der Waals surface area contributed by atoms with Crippen molar-refractivity contribution in [2.75, 3.05) is 31.1 Å². The van der Waals surface area contributed by atoms with Crippen LogP contribution in [0.2, 0.25) is 0 Å². The van der Waals surface area contributed by atoms with Crippen molar-refractivity contribution in [1.29, 1.82) is 0 Å². The van der Waals surface area contributed by atoms with Gasteiger partial charge >= 0.3 is 6.09 Å². The lowest BCUT2D eigenvalue weighted by molar-refractivity contribution is -0.126. The smallest absolute Gasteiger partial charge is 0.434 e. The summed E-state index contributed by atoms with van der Waals surface area (Å²) in [6.07, 6.45) is -0.494. The minimum atomic E-state index is -0.494. The molecule has 0 aliphatic carbocycles. The molecule has 0 spiro atoms. The molecule has 1 amide bonds. The Morgan fingerprint density at radius 3 is 2.52 bits per heavy atom. The maximum atomic E-state index is 12.2. The highest BCUT2D eigenvalue weighted by Crippen LogP contribution is 2.20. The van der Waals surface area contributed by atoms with Gasteiger partial charge in [0.25, 0.3) is 0 Å². The molecule has 2 aromatic carbocycles. The number of nitroso groups, excluding NO2 is 1. The zero-order valence-electron chi connectivity index (χ0n) is 13.7. The van der Waals surface area contributed by atoms with E-state index in [0.717, 1.165) is 11.3 Å². The fourth-order valence-corrected chi connectivity index (χ4v) is 2.57. The molecule has 2 aromatic rings.